The summed E-state index contributed by atoms with van der Waals surface area (Å²) in [5, 5.41) is 12.1. The third-order valence-corrected chi connectivity index (χ3v) is 8.15. The van der Waals surface area contributed by atoms with E-state index in [9.17, 15) is 28.1 Å². The highest BCUT2D eigenvalue weighted by atomic mass is 35.5. The molecule has 0 radical (unpaired) electrons. The molecule has 0 aromatic heterocycles. The summed E-state index contributed by atoms with van der Waals surface area (Å²) in [4.78, 5) is 38.3. The lowest BCUT2D eigenvalue weighted by Crippen LogP contribution is -2.43. The van der Waals surface area contributed by atoms with Gasteiger partial charge in [0.2, 0.25) is 0 Å². The van der Waals surface area contributed by atoms with Crippen molar-refractivity contribution in [2.24, 2.45) is 0 Å². The summed E-state index contributed by atoms with van der Waals surface area (Å²) >= 11 is 7.01. The van der Waals surface area contributed by atoms with Crippen LogP contribution in [0.3, 0.4) is 0 Å². The van der Waals surface area contributed by atoms with Crippen LogP contribution >= 0.6 is 23.4 Å². The van der Waals surface area contributed by atoms with Crippen molar-refractivity contribution in [3.63, 3.8) is 0 Å². The Bertz CT molecular complexity index is 1170. The molecule has 1 fully saturated rings. The van der Waals surface area contributed by atoms with Crippen molar-refractivity contribution in [3.8, 4) is 0 Å². The fourth-order valence-electron chi connectivity index (χ4n) is 3.46. The van der Waals surface area contributed by atoms with Gasteiger partial charge >= 0.3 is 5.97 Å². The molecule has 1 atom stereocenters. The lowest BCUT2D eigenvalue weighted by Gasteiger charge is -2.26. The minimum Gasteiger partial charge on any atom is -0.452 e. The standard InChI is InChI=1S/C21H21ClN2O7S2/c1-2-23(16-9-10-33(29,30)13-16)20(25)12-31-21(26)14-3-8-19(18(11-14)24(27)28)32-17-6-4-15(22)5-7-17/h3-8,11,16H,2,9-10,12-13H2,1H3. The molecule has 9 nitrogen and oxygen atoms in total. The zero-order valence-electron chi connectivity index (χ0n) is 17.6. The van der Waals surface area contributed by atoms with Crippen molar-refractivity contribution in [2.45, 2.75) is 29.2 Å². The number of benzene rings is 2. The molecule has 0 saturated carbocycles. The van der Waals surface area contributed by atoms with Crippen LogP contribution in [0, 0.1) is 10.1 Å². The van der Waals surface area contributed by atoms with Gasteiger partial charge in [-0.1, -0.05) is 23.4 Å². The lowest BCUT2D eigenvalue weighted by molar-refractivity contribution is -0.387. The summed E-state index contributed by atoms with van der Waals surface area (Å²) in [7, 11) is -3.17. The van der Waals surface area contributed by atoms with Crippen molar-refractivity contribution in [2.75, 3.05) is 24.7 Å². The van der Waals surface area contributed by atoms with Gasteiger partial charge in [-0.2, -0.15) is 0 Å². The Morgan fingerprint density at radius 2 is 1.94 bits per heavy atom. The summed E-state index contributed by atoms with van der Waals surface area (Å²) < 4.78 is 28.5. The fraction of sp³-hybridized carbons (Fsp3) is 0.333. The van der Waals surface area contributed by atoms with Gasteiger partial charge in [0, 0.05) is 28.6 Å². The number of nitro groups is 1. The zero-order valence-corrected chi connectivity index (χ0v) is 20.0. The second-order valence-corrected chi connectivity index (χ2v) is 11.1. The van der Waals surface area contributed by atoms with Crippen LogP contribution in [0.25, 0.3) is 0 Å². The summed E-state index contributed by atoms with van der Waals surface area (Å²) in [5.74, 6) is -1.49. The molecule has 0 aliphatic carbocycles. The van der Waals surface area contributed by atoms with E-state index in [1.807, 2.05) is 0 Å². The average molecular weight is 513 g/mol. The topological polar surface area (TPSA) is 124 Å². The highest BCUT2D eigenvalue weighted by molar-refractivity contribution is 7.99. The number of halogens is 1. The molecule has 33 heavy (non-hydrogen) atoms. The molecule has 0 bridgehead atoms. The van der Waals surface area contributed by atoms with Gasteiger partial charge in [0.25, 0.3) is 11.6 Å². The van der Waals surface area contributed by atoms with Crippen molar-refractivity contribution in [1.29, 1.82) is 0 Å². The van der Waals surface area contributed by atoms with Crippen molar-refractivity contribution in [3.05, 3.63) is 63.2 Å². The van der Waals surface area contributed by atoms with Gasteiger partial charge < -0.3 is 9.64 Å². The Balaban J connectivity index is 1.68. The Hall–Kier alpha value is -2.63. The van der Waals surface area contributed by atoms with Crippen molar-refractivity contribution < 1.29 is 27.7 Å². The van der Waals surface area contributed by atoms with E-state index in [1.54, 1.807) is 31.2 Å². The molecule has 2 aromatic rings. The summed E-state index contributed by atoms with van der Waals surface area (Å²) in [6.45, 7) is 1.40. The summed E-state index contributed by atoms with van der Waals surface area (Å²) in [5.41, 5.74) is -0.344. The van der Waals surface area contributed by atoms with E-state index in [-0.39, 0.29) is 29.3 Å². The van der Waals surface area contributed by atoms with Crippen LogP contribution in [0.1, 0.15) is 23.7 Å². The molecule has 1 aliphatic rings. The largest absolute Gasteiger partial charge is 0.452 e. The molecule has 3 rings (SSSR count). The third-order valence-electron chi connectivity index (χ3n) is 5.07. The second kappa shape index (κ2) is 10.5. The van der Waals surface area contributed by atoms with Gasteiger partial charge in [-0.3, -0.25) is 14.9 Å². The summed E-state index contributed by atoms with van der Waals surface area (Å²) in [6.07, 6.45) is 0.342. The van der Waals surface area contributed by atoms with Crippen LogP contribution in [0.4, 0.5) is 5.69 Å². The number of esters is 1. The highest BCUT2D eigenvalue weighted by Crippen LogP contribution is 2.36. The molecule has 2 aromatic carbocycles. The van der Waals surface area contributed by atoms with Crippen LogP contribution in [0.5, 0.6) is 0 Å². The Kier molecular flexibility index (Phi) is 7.98. The maximum absolute atomic E-state index is 12.5. The first-order valence-electron chi connectivity index (χ1n) is 9.98. The number of amides is 1. The molecule has 1 saturated heterocycles. The number of nitro benzene ring substituents is 1. The number of hydrogen-bond acceptors (Lipinski definition) is 8. The normalized spacial score (nSPS) is 16.8. The monoisotopic (exact) mass is 512 g/mol. The van der Waals surface area contributed by atoms with E-state index in [1.165, 1.54) is 17.0 Å². The molecule has 176 valence electrons. The molecule has 0 N–H and O–H groups in total. The molecular formula is C21H21ClN2O7S2. The molecule has 1 aliphatic heterocycles. The minimum absolute atomic E-state index is 0.0191. The van der Waals surface area contributed by atoms with Gasteiger partial charge in [-0.05, 0) is 49.7 Å². The highest BCUT2D eigenvalue weighted by Gasteiger charge is 2.34. The molecular weight excluding hydrogens is 492 g/mol. The predicted molar refractivity (Wildman–Crippen MR) is 123 cm³/mol. The lowest BCUT2D eigenvalue weighted by atomic mass is 10.2. The quantitative estimate of drug-likeness (QED) is 0.298. The Labute approximate surface area is 200 Å². The maximum Gasteiger partial charge on any atom is 0.338 e. The number of carbonyl (C=O) groups excluding carboxylic acids is 2. The van der Waals surface area contributed by atoms with Gasteiger partial charge in [-0.25, -0.2) is 13.2 Å². The number of carbonyl (C=O) groups is 2. The van der Waals surface area contributed by atoms with E-state index in [0.29, 0.717) is 16.3 Å². The molecule has 1 unspecified atom stereocenters. The number of rotatable bonds is 8. The van der Waals surface area contributed by atoms with Gasteiger partial charge in [0.1, 0.15) is 0 Å². The molecule has 1 amide bonds. The number of ether oxygens (including phenoxy) is 1. The van der Waals surface area contributed by atoms with Gasteiger partial charge in [-0.15, -0.1) is 0 Å². The van der Waals surface area contributed by atoms with Crippen molar-refractivity contribution in [1.82, 2.24) is 4.90 Å². The fourth-order valence-corrected chi connectivity index (χ4v) is 6.21. The molecule has 1 heterocycles. The summed E-state index contributed by atoms with van der Waals surface area (Å²) in [6, 6.07) is 10.3. The van der Waals surface area contributed by atoms with Crippen molar-refractivity contribution >= 4 is 50.8 Å². The minimum atomic E-state index is -3.17. The number of nitrogens with zero attached hydrogens (tertiary/aromatic N) is 2. The average Bonchev–Trinajstić information content (AvgIpc) is 3.13. The van der Waals surface area contributed by atoms with Crippen LogP contribution in [-0.2, 0) is 19.4 Å². The molecule has 12 heteroatoms. The van der Waals surface area contributed by atoms with Gasteiger partial charge in [0.05, 0.1) is 26.9 Å². The van der Waals surface area contributed by atoms with E-state index < -0.39 is 39.3 Å². The van der Waals surface area contributed by atoms with Crippen LogP contribution in [0.2, 0.25) is 5.02 Å². The Morgan fingerprint density at radius 1 is 1.24 bits per heavy atom. The SMILES string of the molecule is CCN(C(=O)COC(=O)c1ccc(Sc2ccc(Cl)cc2)c([N+](=O)[O-])c1)C1CCS(=O)(=O)C1. The maximum atomic E-state index is 12.5. The smallest absolute Gasteiger partial charge is 0.338 e. The third kappa shape index (κ3) is 6.46. The Morgan fingerprint density at radius 3 is 2.52 bits per heavy atom. The first kappa shape index (κ1) is 25.0. The van der Waals surface area contributed by atoms with E-state index in [4.69, 9.17) is 16.3 Å². The van der Waals surface area contributed by atoms with E-state index >= 15 is 0 Å². The van der Waals surface area contributed by atoms with E-state index in [2.05, 4.69) is 0 Å². The van der Waals surface area contributed by atoms with Gasteiger partial charge in [0.15, 0.2) is 16.4 Å². The van der Waals surface area contributed by atoms with E-state index in [0.717, 1.165) is 22.7 Å². The zero-order chi connectivity index (χ0) is 24.2. The first-order chi connectivity index (χ1) is 15.6. The first-order valence-corrected chi connectivity index (χ1v) is 13.0. The predicted octanol–water partition coefficient (Wildman–Crippen LogP) is 3.59. The number of sulfone groups is 1. The second-order valence-electron chi connectivity index (χ2n) is 7.31. The van der Waals surface area contributed by atoms with Crippen LogP contribution in [0.15, 0.2) is 52.3 Å². The number of likely N-dealkylation sites (N-methyl/N-ethyl adjacent to an activating group) is 1. The molecule has 0 spiro atoms. The number of hydrogen-bond donors (Lipinski definition) is 0. The van der Waals surface area contributed by atoms with Crippen LogP contribution in [-0.4, -0.2) is 60.8 Å². The van der Waals surface area contributed by atoms with Crippen LogP contribution < -0.4 is 0 Å².